The minimum atomic E-state index is -4.37. The molecular formula is C14H14F3N3O. The maximum atomic E-state index is 12.4. The zero-order valence-corrected chi connectivity index (χ0v) is 11.5. The Hall–Kier alpha value is -2.31. The molecule has 2 aromatic rings. The van der Waals surface area contributed by atoms with Crippen molar-refractivity contribution in [3.8, 4) is 0 Å². The Morgan fingerprint density at radius 3 is 2.38 bits per heavy atom. The van der Waals surface area contributed by atoms with Crippen LogP contribution in [-0.2, 0) is 24.4 Å². The van der Waals surface area contributed by atoms with Crippen molar-refractivity contribution < 1.29 is 18.0 Å². The highest BCUT2D eigenvalue weighted by atomic mass is 19.4. The van der Waals surface area contributed by atoms with Crippen LogP contribution < -0.4 is 5.32 Å². The molecule has 1 aromatic heterocycles. The van der Waals surface area contributed by atoms with E-state index in [2.05, 4.69) is 10.4 Å². The number of aryl methyl sites for hydroxylation is 2. The van der Waals surface area contributed by atoms with Gasteiger partial charge in [-0.3, -0.25) is 9.48 Å². The van der Waals surface area contributed by atoms with E-state index in [4.69, 9.17) is 0 Å². The minimum absolute atomic E-state index is 0.00235. The van der Waals surface area contributed by atoms with Crippen LogP contribution in [0.1, 0.15) is 16.8 Å². The van der Waals surface area contributed by atoms with Crippen LogP contribution in [0.15, 0.2) is 30.3 Å². The average molecular weight is 297 g/mol. The van der Waals surface area contributed by atoms with Crippen molar-refractivity contribution in [2.75, 3.05) is 5.32 Å². The number of hydrogen-bond donors (Lipinski definition) is 1. The molecule has 21 heavy (non-hydrogen) atoms. The molecule has 4 nitrogen and oxygen atoms in total. The third-order valence-electron chi connectivity index (χ3n) is 2.92. The maximum absolute atomic E-state index is 12.4. The molecule has 1 heterocycles. The first-order valence-electron chi connectivity index (χ1n) is 6.22. The standard InChI is InChI=1S/C14H14F3N3O/c1-9-7-12(20(2)19-9)18-13(21)8-10-3-5-11(6-4-10)14(15,16)17/h3-7H,8H2,1-2H3,(H,18,21). The number of nitrogens with zero attached hydrogens (tertiary/aromatic N) is 2. The predicted octanol–water partition coefficient (Wildman–Crippen LogP) is 2.93. The molecule has 7 heteroatoms. The summed E-state index contributed by atoms with van der Waals surface area (Å²) in [6.45, 7) is 1.80. The van der Waals surface area contributed by atoms with Gasteiger partial charge >= 0.3 is 6.18 Å². The van der Waals surface area contributed by atoms with E-state index in [1.54, 1.807) is 20.0 Å². The molecule has 0 aliphatic carbocycles. The molecule has 0 aliphatic heterocycles. The van der Waals surface area contributed by atoms with Gasteiger partial charge in [-0.15, -0.1) is 0 Å². The normalized spacial score (nSPS) is 11.5. The summed E-state index contributed by atoms with van der Waals surface area (Å²) >= 11 is 0. The number of anilines is 1. The van der Waals surface area contributed by atoms with Crippen molar-refractivity contribution in [1.82, 2.24) is 9.78 Å². The Morgan fingerprint density at radius 1 is 1.29 bits per heavy atom. The Bertz CT molecular complexity index is 644. The van der Waals surface area contributed by atoms with Crippen molar-refractivity contribution >= 4 is 11.7 Å². The minimum Gasteiger partial charge on any atom is -0.311 e. The van der Waals surface area contributed by atoms with Gasteiger partial charge in [0.05, 0.1) is 17.7 Å². The molecule has 0 saturated carbocycles. The lowest BCUT2D eigenvalue weighted by Crippen LogP contribution is -2.16. The second-order valence-corrected chi connectivity index (χ2v) is 4.71. The number of nitrogens with one attached hydrogen (secondary N) is 1. The number of halogens is 3. The topological polar surface area (TPSA) is 46.9 Å². The average Bonchev–Trinajstić information content (AvgIpc) is 2.67. The van der Waals surface area contributed by atoms with Crippen molar-refractivity contribution in [2.45, 2.75) is 19.5 Å². The fraction of sp³-hybridized carbons (Fsp3) is 0.286. The number of carbonyl (C=O) groups is 1. The Balaban J connectivity index is 2.01. The first-order chi connectivity index (χ1) is 9.75. The fourth-order valence-electron chi connectivity index (χ4n) is 1.91. The molecule has 0 fully saturated rings. The first-order valence-corrected chi connectivity index (χ1v) is 6.22. The van der Waals surface area contributed by atoms with Crippen LogP contribution in [0.3, 0.4) is 0 Å². The molecule has 1 N–H and O–H groups in total. The highest BCUT2D eigenvalue weighted by Crippen LogP contribution is 2.29. The van der Waals surface area contributed by atoms with E-state index in [9.17, 15) is 18.0 Å². The van der Waals surface area contributed by atoms with Gasteiger partial charge in [-0.25, -0.2) is 0 Å². The summed E-state index contributed by atoms with van der Waals surface area (Å²) in [6.07, 6.45) is -4.37. The van der Waals surface area contributed by atoms with Gasteiger partial charge in [0.15, 0.2) is 0 Å². The summed E-state index contributed by atoms with van der Waals surface area (Å²) in [5.41, 5.74) is 0.552. The monoisotopic (exact) mass is 297 g/mol. The molecule has 2 rings (SSSR count). The van der Waals surface area contributed by atoms with E-state index < -0.39 is 11.7 Å². The van der Waals surface area contributed by atoms with Gasteiger partial charge in [0.25, 0.3) is 0 Å². The summed E-state index contributed by atoms with van der Waals surface area (Å²) in [7, 11) is 1.70. The SMILES string of the molecule is Cc1cc(NC(=O)Cc2ccc(C(F)(F)F)cc2)n(C)n1. The summed E-state index contributed by atoms with van der Waals surface area (Å²) in [5, 5.41) is 6.75. The van der Waals surface area contributed by atoms with Crippen LogP contribution in [0, 0.1) is 6.92 Å². The van der Waals surface area contributed by atoms with E-state index in [0.29, 0.717) is 11.4 Å². The second-order valence-electron chi connectivity index (χ2n) is 4.71. The molecule has 1 aromatic carbocycles. The van der Waals surface area contributed by atoms with Gasteiger partial charge in [-0.05, 0) is 24.6 Å². The third-order valence-corrected chi connectivity index (χ3v) is 2.92. The molecule has 112 valence electrons. The van der Waals surface area contributed by atoms with Crippen molar-refractivity contribution in [1.29, 1.82) is 0 Å². The zero-order chi connectivity index (χ0) is 15.6. The van der Waals surface area contributed by atoms with Gasteiger partial charge in [-0.1, -0.05) is 12.1 Å². The molecule has 0 spiro atoms. The number of benzene rings is 1. The fourth-order valence-corrected chi connectivity index (χ4v) is 1.91. The smallest absolute Gasteiger partial charge is 0.311 e. The van der Waals surface area contributed by atoms with E-state index in [1.165, 1.54) is 16.8 Å². The van der Waals surface area contributed by atoms with Crippen LogP contribution in [-0.4, -0.2) is 15.7 Å². The van der Waals surface area contributed by atoms with Crippen LogP contribution in [0.4, 0.5) is 19.0 Å². The first kappa shape index (κ1) is 15.1. The lowest BCUT2D eigenvalue weighted by molar-refractivity contribution is -0.137. The maximum Gasteiger partial charge on any atom is 0.416 e. The molecule has 1 amide bonds. The van der Waals surface area contributed by atoms with Gasteiger partial charge < -0.3 is 5.32 Å². The Morgan fingerprint density at radius 2 is 1.90 bits per heavy atom. The summed E-state index contributed by atoms with van der Waals surface area (Å²) in [6, 6.07) is 6.26. The van der Waals surface area contributed by atoms with Crippen molar-refractivity contribution in [3.63, 3.8) is 0 Å². The van der Waals surface area contributed by atoms with Crippen molar-refractivity contribution in [2.24, 2.45) is 7.05 Å². The van der Waals surface area contributed by atoms with Crippen molar-refractivity contribution in [3.05, 3.63) is 47.2 Å². The molecule has 0 unspecified atom stereocenters. The van der Waals surface area contributed by atoms with E-state index in [0.717, 1.165) is 17.8 Å². The Labute approximate surface area is 119 Å². The van der Waals surface area contributed by atoms with Gasteiger partial charge in [-0.2, -0.15) is 18.3 Å². The molecule has 0 saturated heterocycles. The summed E-state index contributed by atoms with van der Waals surface area (Å²) in [4.78, 5) is 11.9. The summed E-state index contributed by atoms with van der Waals surface area (Å²) in [5.74, 6) is 0.238. The van der Waals surface area contributed by atoms with Crippen LogP contribution >= 0.6 is 0 Å². The van der Waals surface area contributed by atoms with Crippen LogP contribution in [0.2, 0.25) is 0 Å². The number of amides is 1. The van der Waals surface area contributed by atoms with Gasteiger partial charge in [0.2, 0.25) is 5.91 Å². The molecular weight excluding hydrogens is 283 g/mol. The van der Waals surface area contributed by atoms with E-state index in [1.807, 2.05) is 0 Å². The molecule has 0 bridgehead atoms. The highest BCUT2D eigenvalue weighted by molar-refractivity contribution is 5.91. The van der Waals surface area contributed by atoms with E-state index >= 15 is 0 Å². The lowest BCUT2D eigenvalue weighted by Gasteiger charge is -2.08. The molecule has 0 radical (unpaired) electrons. The second kappa shape index (κ2) is 5.59. The molecule has 0 atom stereocenters. The van der Waals surface area contributed by atoms with Gasteiger partial charge in [0, 0.05) is 13.1 Å². The van der Waals surface area contributed by atoms with Crippen LogP contribution in [0.25, 0.3) is 0 Å². The third kappa shape index (κ3) is 3.84. The number of rotatable bonds is 3. The Kier molecular flexibility index (Phi) is 4.02. The quantitative estimate of drug-likeness (QED) is 0.947. The summed E-state index contributed by atoms with van der Waals surface area (Å²) < 4.78 is 38.8. The van der Waals surface area contributed by atoms with E-state index in [-0.39, 0.29) is 12.3 Å². The number of alkyl halides is 3. The number of hydrogen-bond acceptors (Lipinski definition) is 2. The van der Waals surface area contributed by atoms with Crippen LogP contribution in [0.5, 0.6) is 0 Å². The number of aromatic nitrogens is 2. The predicted molar refractivity (Wildman–Crippen MR) is 71.7 cm³/mol. The van der Waals surface area contributed by atoms with Gasteiger partial charge in [0.1, 0.15) is 5.82 Å². The zero-order valence-electron chi connectivity index (χ0n) is 11.5. The largest absolute Gasteiger partial charge is 0.416 e. The highest BCUT2D eigenvalue weighted by Gasteiger charge is 2.29. The lowest BCUT2D eigenvalue weighted by atomic mass is 10.1. The molecule has 0 aliphatic rings. The number of carbonyl (C=O) groups excluding carboxylic acids is 1.